The first kappa shape index (κ1) is 9.22. The number of rotatable bonds is 1. The van der Waals surface area contributed by atoms with Gasteiger partial charge in [0.1, 0.15) is 0 Å². The Kier molecular flexibility index (Phi) is 2.83. The van der Waals surface area contributed by atoms with Gasteiger partial charge in [-0.15, -0.1) is 0 Å². The molecule has 2 N–H and O–H groups in total. The molecule has 0 heterocycles. The number of esters is 1. The number of carbonyl (C=O) groups excluding carboxylic acids is 1. The highest BCUT2D eigenvalue weighted by atomic mass is 16.5. The number of hydrogen-bond acceptors (Lipinski definition) is 4. The van der Waals surface area contributed by atoms with Gasteiger partial charge in [-0.1, -0.05) is 12.2 Å². The molecule has 0 saturated carbocycles. The number of aliphatic hydroxyl groups excluding tert-OH is 2. The SMILES string of the molecule is COC(=O)[C@H]1CC=C[C@H](O)[C@H]1O. The molecule has 0 radical (unpaired) electrons. The van der Waals surface area contributed by atoms with Crippen molar-refractivity contribution in [1.29, 1.82) is 0 Å². The highest BCUT2D eigenvalue weighted by Crippen LogP contribution is 2.20. The molecule has 0 aromatic carbocycles. The van der Waals surface area contributed by atoms with E-state index >= 15 is 0 Å². The molecule has 0 aliphatic heterocycles. The van der Waals surface area contributed by atoms with Gasteiger partial charge in [0.15, 0.2) is 0 Å². The zero-order valence-corrected chi connectivity index (χ0v) is 6.80. The quantitative estimate of drug-likeness (QED) is 0.411. The molecule has 0 fully saturated rings. The van der Waals surface area contributed by atoms with E-state index in [0.29, 0.717) is 6.42 Å². The molecule has 12 heavy (non-hydrogen) atoms. The third-order valence-corrected chi connectivity index (χ3v) is 1.99. The minimum absolute atomic E-state index is 0.422. The van der Waals surface area contributed by atoms with E-state index in [4.69, 9.17) is 5.11 Å². The number of carbonyl (C=O) groups is 1. The van der Waals surface area contributed by atoms with Gasteiger partial charge in [-0.2, -0.15) is 0 Å². The van der Waals surface area contributed by atoms with Gasteiger partial charge in [0.25, 0.3) is 0 Å². The van der Waals surface area contributed by atoms with E-state index in [-0.39, 0.29) is 0 Å². The molecular formula is C8H12O4. The number of ether oxygens (including phenoxy) is 1. The molecule has 1 aliphatic rings. The second kappa shape index (κ2) is 3.69. The summed E-state index contributed by atoms with van der Waals surface area (Å²) in [7, 11) is 1.26. The number of aliphatic hydroxyl groups is 2. The lowest BCUT2D eigenvalue weighted by Crippen LogP contribution is -2.39. The molecule has 0 saturated heterocycles. The van der Waals surface area contributed by atoms with Crippen molar-refractivity contribution in [3.8, 4) is 0 Å². The highest BCUT2D eigenvalue weighted by molar-refractivity contribution is 5.73. The van der Waals surface area contributed by atoms with Crippen molar-refractivity contribution in [3.63, 3.8) is 0 Å². The van der Waals surface area contributed by atoms with Crippen LogP contribution >= 0.6 is 0 Å². The third kappa shape index (κ3) is 1.65. The molecule has 1 aliphatic carbocycles. The molecule has 0 unspecified atom stereocenters. The summed E-state index contributed by atoms with van der Waals surface area (Å²) in [5.74, 6) is -1.11. The fourth-order valence-electron chi connectivity index (χ4n) is 1.24. The van der Waals surface area contributed by atoms with Crippen LogP contribution in [-0.4, -0.2) is 35.5 Å². The smallest absolute Gasteiger partial charge is 0.311 e. The monoisotopic (exact) mass is 172 g/mol. The summed E-state index contributed by atoms with van der Waals surface area (Å²) in [6, 6.07) is 0. The number of methoxy groups -OCH3 is 1. The summed E-state index contributed by atoms with van der Waals surface area (Å²) in [5, 5.41) is 18.5. The molecule has 4 nitrogen and oxygen atoms in total. The topological polar surface area (TPSA) is 66.8 Å². The second-order valence-electron chi connectivity index (χ2n) is 2.77. The molecular weight excluding hydrogens is 160 g/mol. The Morgan fingerprint density at radius 1 is 1.58 bits per heavy atom. The highest BCUT2D eigenvalue weighted by Gasteiger charge is 2.33. The molecule has 0 amide bonds. The fourth-order valence-corrected chi connectivity index (χ4v) is 1.24. The molecule has 0 bridgehead atoms. The minimum atomic E-state index is -1.04. The van der Waals surface area contributed by atoms with E-state index in [1.807, 2.05) is 0 Å². The zero-order valence-electron chi connectivity index (χ0n) is 6.80. The van der Waals surface area contributed by atoms with Crippen molar-refractivity contribution >= 4 is 5.97 Å². The van der Waals surface area contributed by atoms with Gasteiger partial charge in [-0.25, -0.2) is 0 Å². The number of allylic oxidation sites excluding steroid dienone is 1. The van der Waals surface area contributed by atoms with E-state index in [9.17, 15) is 9.90 Å². The van der Waals surface area contributed by atoms with Gasteiger partial charge in [-0.3, -0.25) is 4.79 Å². The Balaban J connectivity index is 2.67. The van der Waals surface area contributed by atoms with Gasteiger partial charge < -0.3 is 14.9 Å². The van der Waals surface area contributed by atoms with Crippen LogP contribution in [0.25, 0.3) is 0 Å². The maximum Gasteiger partial charge on any atom is 0.311 e. The van der Waals surface area contributed by atoms with Crippen molar-refractivity contribution in [2.24, 2.45) is 5.92 Å². The van der Waals surface area contributed by atoms with Crippen LogP contribution < -0.4 is 0 Å². The largest absolute Gasteiger partial charge is 0.469 e. The summed E-state index contributed by atoms with van der Waals surface area (Å²) in [6.07, 6.45) is 1.57. The normalized spacial score (nSPS) is 34.8. The van der Waals surface area contributed by atoms with Gasteiger partial charge in [0.05, 0.1) is 25.2 Å². The first-order valence-electron chi connectivity index (χ1n) is 3.77. The molecule has 4 heteroatoms. The van der Waals surface area contributed by atoms with Gasteiger partial charge >= 0.3 is 5.97 Å². The molecule has 0 spiro atoms. The van der Waals surface area contributed by atoms with E-state index in [0.717, 1.165) is 0 Å². The van der Waals surface area contributed by atoms with Crippen LogP contribution in [0.5, 0.6) is 0 Å². The van der Waals surface area contributed by atoms with Gasteiger partial charge in [-0.05, 0) is 6.42 Å². The molecule has 68 valence electrons. The lowest BCUT2D eigenvalue weighted by Gasteiger charge is -2.25. The predicted octanol–water partition coefficient (Wildman–Crippen LogP) is -0.543. The van der Waals surface area contributed by atoms with Crippen LogP contribution in [0.15, 0.2) is 12.2 Å². The van der Waals surface area contributed by atoms with E-state index < -0.39 is 24.1 Å². The van der Waals surface area contributed by atoms with E-state index in [2.05, 4.69) is 4.74 Å². The predicted molar refractivity (Wildman–Crippen MR) is 41.3 cm³/mol. The summed E-state index contributed by atoms with van der Waals surface area (Å²) in [6.45, 7) is 0. The Bertz CT molecular complexity index is 199. The third-order valence-electron chi connectivity index (χ3n) is 1.99. The molecule has 1 rings (SSSR count). The van der Waals surface area contributed by atoms with Crippen LogP contribution in [0.1, 0.15) is 6.42 Å². The minimum Gasteiger partial charge on any atom is -0.469 e. The maximum atomic E-state index is 11.0. The Hall–Kier alpha value is -0.870. The van der Waals surface area contributed by atoms with Crippen molar-refractivity contribution in [2.45, 2.75) is 18.6 Å². The van der Waals surface area contributed by atoms with Crippen molar-refractivity contribution in [1.82, 2.24) is 0 Å². The second-order valence-corrected chi connectivity index (χ2v) is 2.77. The summed E-state index contributed by atoms with van der Waals surface area (Å²) in [4.78, 5) is 11.0. The van der Waals surface area contributed by atoms with Crippen LogP contribution in [-0.2, 0) is 9.53 Å². The van der Waals surface area contributed by atoms with Crippen LogP contribution in [0.4, 0.5) is 0 Å². The molecule has 0 aromatic rings. The lowest BCUT2D eigenvalue weighted by atomic mass is 9.89. The van der Waals surface area contributed by atoms with Crippen LogP contribution in [0, 0.1) is 5.92 Å². The molecule has 3 atom stereocenters. The first-order valence-corrected chi connectivity index (χ1v) is 3.77. The molecule has 0 aromatic heterocycles. The number of hydrogen-bond donors (Lipinski definition) is 2. The Labute approximate surface area is 70.5 Å². The summed E-state index contributed by atoms with van der Waals surface area (Å²) < 4.78 is 4.46. The van der Waals surface area contributed by atoms with Crippen molar-refractivity contribution in [3.05, 3.63) is 12.2 Å². The van der Waals surface area contributed by atoms with Gasteiger partial charge in [0, 0.05) is 0 Å². The van der Waals surface area contributed by atoms with Crippen LogP contribution in [0.2, 0.25) is 0 Å². The average Bonchev–Trinajstić information content (AvgIpc) is 2.08. The van der Waals surface area contributed by atoms with Crippen molar-refractivity contribution < 1.29 is 19.7 Å². The average molecular weight is 172 g/mol. The first-order chi connectivity index (χ1) is 5.66. The zero-order chi connectivity index (χ0) is 9.14. The van der Waals surface area contributed by atoms with E-state index in [1.165, 1.54) is 13.2 Å². The van der Waals surface area contributed by atoms with Crippen molar-refractivity contribution in [2.75, 3.05) is 7.11 Å². The Morgan fingerprint density at radius 3 is 2.83 bits per heavy atom. The Morgan fingerprint density at radius 2 is 2.25 bits per heavy atom. The summed E-state index contributed by atoms with van der Waals surface area (Å²) >= 11 is 0. The van der Waals surface area contributed by atoms with Crippen LogP contribution in [0.3, 0.4) is 0 Å². The van der Waals surface area contributed by atoms with E-state index in [1.54, 1.807) is 6.08 Å². The van der Waals surface area contributed by atoms with Gasteiger partial charge in [0.2, 0.25) is 0 Å². The lowest BCUT2D eigenvalue weighted by molar-refractivity contribution is -0.152. The maximum absolute atomic E-state index is 11.0. The standard InChI is InChI=1S/C8H12O4/c1-12-8(11)5-3-2-4-6(9)7(5)10/h2,4-7,9-10H,3H2,1H3/t5-,6-,7-/m0/s1. The summed E-state index contributed by atoms with van der Waals surface area (Å²) in [5.41, 5.74) is 0. The fraction of sp³-hybridized carbons (Fsp3) is 0.625.